The fourth-order valence-corrected chi connectivity index (χ4v) is 3.12. The summed E-state index contributed by atoms with van der Waals surface area (Å²) in [4.78, 5) is 13.8. The molecule has 1 heterocycles. The van der Waals surface area contributed by atoms with Gasteiger partial charge in [-0.1, -0.05) is 33.1 Å². The van der Waals surface area contributed by atoms with Crippen molar-refractivity contribution in [2.75, 3.05) is 13.7 Å². The van der Waals surface area contributed by atoms with Crippen molar-refractivity contribution in [2.24, 2.45) is 5.92 Å². The Morgan fingerprint density at radius 2 is 1.93 bits per heavy atom. The molecule has 1 unspecified atom stereocenters. The van der Waals surface area contributed by atoms with Crippen molar-refractivity contribution in [3.05, 3.63) is 42.0 Å². The molecule has 0 amide bonds. The first-order valence-electron chi connectivity index (χ1n) is 9.97. The van der Waals surface area contributed by atoms with Crippen molar-refractivity contribution in [2.45, 2.75) is 39.5 Å². The smallest absolute Gasteiger partial charge is 0.338 e. The number of ether oxygens (including phenoxy) is 2. The van der Waals surface area contributed by atoms with Gasteiger partial charge in [-0.05, 0) is 42.7 Å². The van der Waals surface area contributed by atoms with Crippen molar-refractivity contribution in [3.63, 3.8) is 0 Å². The van der Waals surface area contributed by atoms with E-state index in [9.17, 15) is 9.90 Å². The quantitative estimate of drug-likeness (QED) is 0.535. The highest BCUT2D eigenvalue weighted by atomic mass is 16.5. The highest BCUT2D eigenvalue weighted by molar-refractivity contribution is 5.93. The van der Waals surface area contributed by atoms with E-state index in [0.29, 0.717) is 40.6 Å². The van der Waals surface area contributed by atoms with Gasteiger partial charge in [0.1, 0.15) is 28.2 Å². The van der Waals surface area contributed by atoms with Gasteiger partial charge in [-0.15, -0.1) is 15.0 Å². The maximum absolute atomic E-state index is 12.5. The van der Waals surface area contributed by atoms with Gasteiger partial charge in [-0.2, -0.15) is 0 Å². The first-order valence-corrected chi connectivity index (χ1v) is 9.97. The molecular weight excluding hydrogens is 370 g/mol. The van der Waals surface area contributed by atoms with E-state index in [4.69, 9.17) is 9.47 Å². The summed E-state index contributed by atoms with van der Waals surface area (Å²) in [6, 6.07) is 9.95. The lowest BCUT2D eigenvalue weighted by Gasteiger charge is -2.14. The van der Waals surface area contributed by atoms with Crippen LogP contribution in [0.5, 0.6) is 11.5 Å². The molecule has 7 nitrogen and oxygen atoms in total. The number of fused-ring (bicyclic) bond motifs is 1. The fraction of sp³-hybridized carbons (Fsp3) is 0.409. The summed E-state index contributed by atoms with van der Waals surface area (Å²) in [6.45, 7) is 4.71. The minimum absolute atomic E-state index is 0.00183. The summed E-state index contributed by atoms with van der Waals surface area (Å²) in [5, 5.41) is 19.0. The maximum Gasteiger partial charge on any atom is 0.338 e. The topological polar surface area (TPSA) is 86.5 Å². The zero-order chi connectivity index (χ0) is 20.8. The summed E-state index contributed by atoms with van der Waals surface area (Å²) in [5.41, 5.74) is 2.03. The van der Waals surface area contributed by atoms with Crippen molar-refractivity contribution in [1.29, 1.82) is 0 Å². The Bertz CT molecular complexity index is 983. The number of rotatable bonds is 9. The minimum Gasteiger partial charge on any atom is -0.505 e. The van der Waals surface area contributed by atoms with Gasteiger partial charge in [-0.25, -0.2) is 4.79 Å². The molecule has 0 saturated carbocycles. The summed E-state index contributed by atoms with van der Waals surface area (Å²) >= 11 is 0. The van der Waals surface area contributed by atoms with Gasteiger partial charge in [0.2, 0.25) is 0 Å². The fourth-order valence-electron chi connectivity index (χ4n) is 3.12. The number of methoxy groups -OCH3 is 1. The Kier molecular flexibility index (Phi) is 6.69. The number of benzene rings is 2. The molecular formula is C22H27N3O4. The highest BCUT2D eigenvalue weighted by Crippen LogP contribution is 2.26. The van der Waals surface area contributed by atoms with E-state index in [-0.39, 0.29) is 11.7 Å². The predicted octanol–water partition coefficient (Wildman–Crippen LogP) is 4.51. The van der Waals surface area contributed by atoms with E-state index < -0.39 is 0 Å². The monoisotopic (exact) mass is 397 g/mol. The van der Waals surface area contributed by atoms with Gasteiger partial charge < -0.3 is 14.6 Å². The van der Waals surface area contributed by atoms with Gasteiger partial charge in [0, 0.05) is 6.07 Å². The first kappa shape index (κ1) is 20.6. The number of esters is 1. The molecule has 154 valence electrons. The van der Waals surface area contributed by atoms with Crippen LogP contribution < -0.4 is 4.74 Å². The second-order valence-electron chi connectivity index (χ2n) is 7.06. The van der Waals surface area contributed by atoms with Gasteiger partial charge in [0.15, 0.2) is 0 Å². The van der Waals surface area contributed by atoms with Crippen LogP contribution in [-0.4, -0.2) is 39.8 Å². The molecule has 0 bridgehead atoms. The van der Waals surface area contributed by atoms with Crippen LogP contribution >= 0.6 is 0 Å². The molecule has 0 aliphatic heterocycles. The summed E-state index contributed by atoms with van der Waals surface area (Å²) < 4.78 is 10.6. The first-order chi connectivity index (χ1) is 14.0. The van der Waals surface area contributed by atoms with Crippen LogP contribution in [0.25, 0.3) is 16.7 Å². The van der Waals surface area contributed by atoms with Gasteiger partial charge in [0.25, 0.3) is 0 Å². The highest BCUT2D eigenvalue weighted by Gasteiger charge is 2.15. The molecule has 0 aliphatic rings. The number of aromatic hydroxyl groups is 1. The van der Waals surface area contributed by atoms with E-state index >= 15 is 0 Å². The third kappa shape index (κ3) is 4.85. The number of phenolic OH excluding ortho intramolecular Hbond substituents is 1. The van der Waals surface area contributed by atoms with Gasteiger partial charge >= 0.3 is 5.97 Å². The summed E-state index contributed by atoms with van der Waals surface area (Å²) in [6.07, 6.45) is 4.34. The van der Waals surface area contributed by atoms with E-state index in [1.54, 1.807) is 30.3 Å². The molecule has 0 fully saturated rings. The molecule has 3 aromatic rings. The number of nitrogens with zero attached hydrogens (tertiary/aromatic N) is 3. The lowest BCUT2D eigenvalue weighted by atomic mass is 10.0. The molecule has 1 atom stereocenters. The number of hydrogen-bond acceptors (Lipinski definition) is 6. The minimum atomic E-state index is -0.358. The molecule has 3 rings (SSSR count). The van der Waals surface area contributed by atoms with Gasteiger partial charge in [0.05, 0.1) is 19.3 Å². The third-order valence-electron chi connectivity index (χ3n) is 5.01. The number of carbonyl (C=O) groups excluding carboxylic acids is 1. The molecule has 0 spiro atoms. The van der Waals surface area contributed by atoms with Crippen LogP contribution in [-0.2, 0) is 4.74 Å². The van der Waals surface area contributed by atoms with Crippen LogP contribution in [0.15, 0.2) is 36.4 Å². The van der Waals surface area contributed by atoms with Crippen LogP contribution in [0.3, 0.4) is 0 Å². The Hall–Kier alpha value is -3.09. The average Bonchev–Trinajstić information content (AvgIpc) is 3.16. The average molecular weight is 397 g/mol. The third-order valence-corrected chi connectivity index (χ3v) is 5.01. The van der Waals surface area contributed by atoms with Crippen LogP contribution in [0.1, 0.15) is 49.9 Å². The lowest BCUT2D eigenvalue weighted by Crippen LogP contribution is -2.14. The molecule has 2 aromatic carbocycles. The Morgan fingerprint density at radius 3 is 2.62 bits per heavy atom. The number of hydrogen-bond donors (Lipinski definition) is 1. The Morgan fingerprint density at radius 1 is 1.14 bits per heavy atom. The number of carbonyl (C=O) groups is 1. The number of phenols is 1. The molecule has 1 N–H and O–H groups in total. The van der Waals surface area contributed by atoms with E-state index in [1.807, 2.05) is 0 Å². The van der Waals surface area contributed by atoms with Crippen LogP contribution in [0.2, 0.25) is 0 Å². The van der Waals surface area contributed by atoms with Crippen molar-refractivity contribution < 1.29 is 19.4 Å². The van der Waals surface area contributed by atoms with Crippen molar-refractivity contribution in [3.8, 4) is 17.2 Å². The van der Waals surface area contributed by atoms with Gasteiger partial charge in [-0.3, -0.25) is 0 Å². The molecule has 29 heavy (non-hydrogen) atoms. The Balaban J connectivity index is 1.76. The lowest BCUT2D eigenvalue weighted by molar-refractivity contribution is 0.0428. The van der Waals surface area contributed by atoms with Crippen molar-refractivity contribution >= 4 is 17.0 Å². The van der Waals surface area contributed by atoms with E-state index in [1.165, 1.54) is 18.0 Å². The number of unbranched alkanes of at least 4 members (excludes halogenated alkanes) is 1. The molecule has 0 aliphatic carbocycles. The molecule has 1 aromatic heterocycles. The van der Waals surface area contributed by atoms with Crippen LogP contribution in [0.4, 0.5) is 0 Å². The SMILES string of the molecule is CCCCC(CC)COC(=O)c1ccc2nn(-c3ccc(OC)cc3O)nc2c1. The maximum atomic E-state index is 12.5. The molecule has 7 heteroatoms. The largest absolute Gasteiger partial charge is 0.505 e. The standard InChI is InChI=1S/C22H27N3O4/c1-4-6-7-15(5-2)14-29-22(27)16-8-10-18-19(12-16)24-25(23-18)20-11-9-17(28-3)13-21(20)26/h8-13,15,26H,4-7,14H2,1-3H3. The Labute approximate surface area is 170 Å². The second kappa shape index (κ2) is 9.41. The zero-order valence-electron chi connectivity index (χ0n) is 17.1. The number of aromatic nitrogens is 3. The van der Waals surface area contributed by atoms with Crippen molar-refractivity contribution in [1.82, 2.24) is 15.0 Å². The van der Waals surface area contributed by atoms with E-state index in [2.05, 4.69) is 24.0 Å². The molecule has 0 saturated heterocycles. The summed E-state index contributed by atoms with van der Waals surface area (Å²) in [7, 11) is 1.53. The van der Waals surface area contributed by atoms with E-state index in [0.717, 1.165) is 25.7 Å². The predicted molar refractivity (Wildman–Crippen MR) is 111 cm³/mol. The zero-order valence-corrected chi connectivity index (χ0v) is 17.1. The van der Waals surface area contributed by atoms with Crippen LogP contribution in [0, 0.1) is 5.92 Å². The normalized spacial score (nSPS) is 12.1. The second-order valence-corrected chi connectivity index (χ2v) is 7.06. The summed E-state index contributed by atoms with van der Waals surface area (Å²) in [5.74, 6) is 0.574. The molecule has 0 radical (unpaired) electrons.